The van der Waals surface area contributed by atoms with Crippen LogP contribution in [-0.2, 0) is 5.41 Å². The Labute approximate surface area is 414 Å². The monoisotopic (exact) mass is 921 g/mol. The summed E-state index contributed by atoms with van der Waals surface area (Å²) in [7, 11) is 0. The van der Waals surface area contributed by atoms with Crippen molar-refractivity contribution < 1.29 is 4.42 Å². The Hall–Kier alpha value is -9.39. The second-order valence-corrected chi connectivity index (χ2v) is 19.6. The first kappa shape index (κ1) is 40.5. The van der Waals surface area contributed by atoms with Crippen molar-refractivity contribution >= 4 is 65.6 Å². The Morgan fingerprint density at radius 1 is 0.333 bits per heavy atom. The molecule has 15 rings (SSSR count). The largest absolute Gasteiger partial charge is 0.455 e. The van der Waals surface area contributed by atoms with Crippen molar-refractivity contribution in [3.8, 4) is 67.8 Å². The summed E-state index contributed by atoms with van der Waals surface area (Å²) in [5.41, 5.74) is 18.2. The number of rotatable bonds is 6. The van der Waals surface area contributed by atoms with E-state index in [9.17, 15) is 0 Å². The Kier molecular flexibility index (Phi) is 8.61. The predicted molar refractivity (Wildman–Crippen MR) is 295 cm³/mol. The summed E-state index contributed by atoms with van der Waals surface area (Å²) < 4.78 is 11.3. The van der Waals surface area contributed by atoms with Gasteiger partial charge < -0.3 is 13.6 Å². The van der Waals surface area contributed by atoms with Gasteiger partial charge >= 0.3 is 0 Å². The molecule has 0 unspecified atom stereocenters. The van der Waals surface area contributed by atoms with Crippen molar-refractivity contribution in [1.82, 2.24) is 24.1 Å². The summed E-state index contributed by atoms with van der Waals surface area (Å²) >= 11 is 0. The van der Waals surface area contributed by atoms with Crippen LogP contribution in [0.1, 0.15) is 25.0 Å². The van der Waals surface area contributed by atoms with Gasteiger partial charge in [0.25, 0.3) is 0 Å². The quantitative estimate of drug-likeness (QED) is 0.167. The molecule has 0 amide bonds. The maximum atomic E-state index is 6.46. The standard InChI is InChI=1S/C66H43N5O/c1-66(2)55-26-11-6-19-47(55)53-38-54-50-22-9-14-29-59(50)71(60(54)39-56(53)66)45-36-43(35-44(37-45)70-57-27-12-7-20-48(57)49-21-8-13-28-58(49)70)65-68-63(41-17-4-3-5-18-41)67-64(69-65)42-33-31-40(32-34-42)46-24-16-25-52-51-23-10-15-30-61(51)72-62(46)52/h3-39H,1-2H3. The second-order valence-electron chi connectivity index (χ2n) is 19.6. The van der Waals surface area contributed by atoms with Crippen molar-refractivity contribution in [1.29, 1.82) is 0 Å². The molecule has 10 aromatic carbocycles. The molecule has 0 bridgehead atoms. The molecule has 14 aromatic rings. The molecule has 72 heavy (non-hydrogen) atoms. The Bertz CT molecular complexity index is 4480. The number of benzene rings is 10. The molecule has 1 aliphatic rings. The SMILES string of the molecule is CC1(C)c2ccccc2-c2cc3c4ccccc4n(-c4cc(-c5nc(-c6ccccc6)nc(-c6ccc(-c7cccc8c7oc7ccccc78)cc6)n5)cc(-n5c6ccccc6c6ccccc65)c4)c3cc21. The van der Waals surface area contributed by atoms with Crippen LogP contribution in [0, 0.1) is 0 Å². The molecule has 1 aliphatic carbocycles. The highest BCUT2D eigenvalue weighted by molar-refractivity contribution is 6.13. The molecule has 338 valence electrons. The van der Waals surface area contributed by atoms with E-state index in [0.717, 1.165) is 83.2 Å². The van der Waals surface area contributed by atoms with E-state index in [-0.39, 0.29) is 5.41 Å². The summed E-state index contributed by atoms with van der Waals surface area (Å²) in [4.78, 5) is 16.0. The smallest absolute Gasteiger partial charge is 0.164 e. The number of para-hydroxylation sites is 5. The maximum Gasteiger partial charge on any atom is 0.164 e. The van der Waals surface area contributed by atoms with Gasteiger partial charge in [-0.15, -0.1) is 0 Å². The molecule has 6 nitrogen and oxygen atoms in total. The van der Waals surface area contributed by atoms with Crippen LogP contribution in [0.2, 0.25) is 0 Å². The van der Waals surface area contributed by atoms with Gasteiger partial charge in [0.1, 0.15) is 11.2 Å². The lowest BCUT2D eigenvalue weighted by atomic mass is 9.82. The van der Waals surface area contributed by atoms with Crippen molar-refractivity contribution in [2.45, 2.75) is 19.3 Å². The lowest BCUT2D eigenvalue weighted by Crippen LogP contribution is -2.15. The lowest BCUT2D eigenvalue weighted by molar-refractivity contribution is 0.661. The average molecular weight is 922 g/mol. The van der Waals surface area contributed by atoms with E-state index in [1.165, 1.54) is 43.8 Å². The molecule has 0 saturated carbocycles. The minimum atomic E-state index is -0.175. The lowest BCUT2D eigenvalue weighted by Gasteiger charge is -2.22. The van der Waals surface area contributed by atoms with Gasteiger partial charge in [0.15, 0.2) is 17.5 Å². The highest BCUT2D eigenvalue weighted by Crippen LogP contribution is 2.51. The van der Waals surface area contributed by atoms with E-state index in [0.29, 0.717) is 17.5 Å². The van der Waals surface area contributed by atoms with Gasteiger partial charge in [0.2, 0.25) is 0 Å². The van der Waals surface area contributed by atoms with Crippen LogP contribution in [0.4, 0.5) is 0 Å². The molecule has 4 heterocycles. The number of fused-ring (bicyclic) bond motifs is 12. The molecule has 0 saturated heterocycles. The summed E-state index contributed by atoms with van der Waals surface area (Å²) in [6.45, 7) is 4.71. The van der Waals surface area contributed by atoms with Gasteiger partial charge in [-0.1, -0.05) is 184 Å². The normalized spacial score (nSPS) is 13.0. The minimum Gasteiger partial charge on any atom is -0.455 e. The van der Waals surface area contributed by atoms with E-state index >= 15 is 0 Å². The van der Waals surface area contributed by atoms with Gasteiger partial charge in [-0.05, 0) is 82.4 Å². The van der Waals surface area contributed by atoms with Crippen LogP contribution in [0.25, 0.3) is 133 Å². The van der Waals surface area contributed by atoms with Gasteiger partial charge in [-0.2, -0.15) is 0 Å². The zero-order valence-electron chi connectivity index (χ0n) is 39.5. The first-order valence-electron chi connectivity index (χ1n) is 24.6. The number of aromatic nitrogens is 5. The fourth-order valence-corrected chi connectivity index (χ4v) is 11.7. The highest BCUT2D eigenvalue weighted by atomic mass is 16.3. The van der Waals surface area contributed by atoms with Crippen molar-refractivity contribution in [2.24, 2.45) is 0 Å². The Morgan fingerprint density at radius 3 is 1.51 bits per heavy atom. The molecule has 0 N–H and O–H groups in total. The first-order valence-corrected chi connectivity index (χ1v) is 24.6. The zero-order valence-corrected chi connectivity index (χ0v) is 39.5. The van der Waals surface area contributed by atoms with Crippen molar-refractivity contribution in [3.63, 3.8) is 0 Å². The van der Waals surface area contributed by atoms with E-state index in [1.807, 2.05) is 30.3 Å². The van der Waals surface area contributed by atoms with Gasteiger partial charge in [-0.25, -0.2) is 15.0 Å². The summed E-state index contributed by atoms with van der Waals surface area (Å²) in [5, 5.41) is 7.03. The minimum absolute atomic E-state index is 0.175. The topological polar surface area (TPSA) is 61.7 Å². The predicted octanol–water partition coefficient (Wildman–Crippen LogP) is 16.9. The second kappa shape index (κ2) is 15.3. The molecule has 6 heteroatoms. The fourth-order valence-electron chi connectivity index (χ4n) is 11.7. The Balaban J connectivity index is 0.970. The van der Waals surface area contributed by atoms with Crippen LogP contribution in [0.3, 0.4) is 0 Å². The molecule has 0 radical (unpaired) electrons. The molecular formula is C66H43N5O. The third kappa shape index (κ3) is 5.99. The van der Waals surface area contributed by atoms with E-state index in [2.05, 4.69) is 217 Å². The summed E-state index contributed by atoms with van der Waals surface area (Å²) in [6, 6.07) is 80.1. The van der Waals surface area contributed by atoms with Crippen LogP contribution >= 0.6 is 0 Å². The van der Waals surface area contributed by atoms with Crippen molar-refractivity contribution in [3.05, 3.63) is 236 Å². The number of nitrogens with zero attached hydrogens (tertiary/aromatic N) is 5. The molecular weight excluding hydrogens is 879 g/mol. The zero-order chi connectivity index (χ0) is 47.7. The molecule has 4 aromatic heterocycles. The van der Waals surface area contributed by atoms with Crippen molar-refractivity contribution in [2.75, 3.05) is 0 Å². The third-order valence-electron chi connectivity index (χ3n) is 15.2. The van der Waals surface area contributed by atoms with Crippen LogP contribution < -0.4 is 0 Å². The van der Waals surface area contributed by atoms with E-state index in [4.69, 9.17) is 19.4 Å². The first-order chi connectivity index (χ1) is 35.4. The molecule has 0 fully saturated rings. The van der Waals surface area contributed by atoms with Gasteiger partial charge in [0.05, 0.1) is 22.1 Å². The highest BCUT2D eigenvalue weighted by Gasteiger charge is 2.36. The average Bonchev–Trinajstić information content (AvgIpc) is 4.16. The third-order valence-corrected chi connectivity index (χ3v) is 15.2. The summed E-state index contributed by atoms with van der Waals surface area (Å²) in [5.74, 6) is 1.77. The Morgan fingerprint density at radius 2 is 0.833 bits per heavy atom. The van der Waals surface area contributed by atoms with Crippen LogP contribution in [0.5, 0.6) is 0 Å². The number of hydrogen-bond donors (Lipinski definition) is 0. The van der Waals surface area contributed by atoms with E-state index < -0.39 is 0 Å². The van der Waals surface area contributed by atoms with Crippen LogP contribution in [0.15, 0.2) is 229 Å². The number of hydrogen-bond acceptors (Lipinski definition) is 4. The molecule has 0 aliphatic heterocycles. The maximum absolute atomic E-state index is 6.46. The molecule has 0 spiro atoms. The van der Waals surface area contributed by atoms with E-state index in [1.54, 1.807) is 0 Å². The van der Waals surface area contributed by atoms with Crippen LogP contribution in [-0.4, -0.2) is 24.1 Å². The summed E-state index contributed by atoms with van der Waals surface area (Å²) in [6.07, 6.45) is 0. The van der Waals surface area contributed by atoms with Gasteiger partial charge in [-0.3, -0.25) is 0 Å². The molecule has 0 atom stereocenters. The van der Waals surface area contributed by atoms with Gasteiger partial charge in [0, 0.05) is 71.4 Å². The fraction of sp³-hybridized carbons (Fsp3) is 0.0455. The number of furan rings is 1.